The smallest absolute Gasteiger partial charge is 0.350 e. The summed E-state index contributed by atoms with van der Waals surface area (Å²) in [7, 11) is 0. The molecule has 2 fully saturated rings. The van der Waals surface area contributed by atoms with E-state index in [1.807, 2.05) is 30.3 Å². The number of hydrogen-bond donors (Lipinski definition) is 2. The number of thiazole rings is 1. The number of carbonyl (C=O) groups excluding carboxylic acids is 4. The molecule has 2 aromatic rings. The van der Waals surface area contributed by atoms with Crippen LogP contribution in [0.2, 0.25) is 0 Å². The Morgan fingerprint density at radius 3 is 2.56 bits per heavy atom. The van der Waals surface area contributed by atoms with Crippen LogP contribution >= 0.6 is 11.3 Å². The van der Waals surface area contributed by atoms with Gasteiger partial charge in [0.15, 0.2) is 5.13 Å². The number of carbonyl (C=O) groups is 4. The molecule has 4 amide bonds. The highest BCUT2D eigenvalue weighted by Crippen LogP contribution is 2.37. The Labute approximate surface area is 201 Å². The first-order chi connectivity index (χ1) is 16.4. The number of aromatic nitrogens is 1. The summed E-state index contributed by atoms with van der Waals surface area (Å²) in [4.78, 5) is 56.5. The van der Waals surface area contributed by atoms with Crippen molar-refractivity contribution in [3.05, 3.63) is 35.2 Å². The van der Waals surface area contributed by atoms with Gasteiger partial charge in [0, 0.05) is 5.56 Å². The van der Waals surface area contributed by atoms with E-state index < -0.39 is 30.0 Å². The monoisotopic (exact) mass is 484 g/mol. The van der Waals surface area contributed by atoms with Crippen LogP contribution in [0.1, 0.15) is 55.6 Å². The number of urea groups is 1. The number of hydrogen-bond acceptors (Lipinski definition) is 7. The molecule has 10 heteroatoms. The number of esters is 1. The van der Waals surface area contributed by atoms with Crippen molar-refractivity contribution >= 4 is 40.3 Å². The number of anilines is 1. The summed E-state index contributed by atoms with van der Waals surface area (Å²) in [5, 5.41) is 5.65. The van der Waals surface area contributed by atoms with Gasteiger partial charge >= 0.3 is 12.0 Å². The third-order valence-electron chi connectivity index (χ3n) is 6.47. The molecule has 1 aliphatic heterocycles. The van der Waals surface area contributed by atoms with E-state index in [0.717, 1.165) is 35.5 Å². The Morgan fingerprint density at radius 1 is 1.21 bits per heavy atom. The van der Waals surface area contributed by atoms with E-state index in [1.54, 1.807) is 6.92 Å². The second-order valence-electron chi connectivity index (χ2n) is 8.59. The normalized spacial score (nSPS) is 22.1. The van der Waals surface area contributed by atoms with E-state index in [9.17, 15) is 19.2 Å². The molecule has 1 saturated heterocycles. The summed E-state index contributed by atoms with van der Waals surface area (Å²) in [5.41, 5.74) is 0.212. The third kappa shape index (κ3) is 4.68. The van der Waals surface area contributed by atoms with Crippen molar-refractivity contribution in [1.29, 1.82) is 0 Å². The van der Waals surface area contributed by atoms with Gasteiger partial charge in [-0.15, -0.1) is 0 Å². The van der Waals surface area contributed by atoms with Gasteiger partial charge in [-0.25, -0.2) is 14.6 Å². The van der Waals surface area contributed by atoms with Gasteiger partial charge in [-0.2, -0.15) is 0 Å². The lowest BCUT2D eigenvalue weighted by molar-refractivity contribution is -0.135. The van der Waals surface area contributed by atoms with E-state index in [2.05, 4.69) is 22.5 Å². The Kier molecular flexibility index (Phi) is 6.97. The van der Waals surface area contributed by atoms with Crippen molar-refractivity contribution in [2.75, 3.05) is 18.5 Å². The number of amides is 4. The van der Waals surface area contributed by atoms with Crippen molar-refractivity contribution in [1.82, 2.24) is 15.2 Å². The molecule has 4 rings (SSSR count). The van der Waals surface area contributed by atoms with E-state index in [-0.39, 0.29) is 22.5 Å². The van der Waals surface area contributed by atoms with E-state index in [1.165, 1.54) is 0 Å². The molecule has 0 radical (unpaired) electrons. The molecular weight excluding hydrogens is 456 g/mol. The molecule has 1 saturated carbocycles. The molecule has 0 unspecified atom stereocenters. The van der Waals surface area contributed by atoms with E-state index >= 15 is 0 Å². The van der Waals surface area contributed by atoms with Gasteiger partial charge in [-0.05, 0) is 38.5 Å². The van der Waals surface area contributed by atoms with Crippen LogP contribution in [-0.4, -0.2) is 52.4 Å². The molecule has 1 aromatic carbocycles. The lowest BCUT2D eigenvalue weighted by atomic mass is 9.75. The van der Waals surface area contributed by atoms with Crippen molar-refractivity contribution in [2.45, 2.75) is 51.5 Å². The van der Waals surface area contributed by atoms with Crippen LogP contribution < -0.4 is 10.6 Å². The number of nitrogens with one attached hydrogen (secondary N) is 2. The number of rotatable bonds is 7. The van der Waals surface area contributed by atoms with Gasteiger partial charge in [-0.1, -0.05) is 55.0 Å². The van der Waals surface area contributed by atoms with Crippen molar-refractivity contribution in [2.24, 2.45) is 5.92 Å². The maximum Gasteiger partial charge on any atom is 0.350 e. The maximum absolute atomic E-state index is 13.1. The minimum absolute atomic E-state index is 0.192. The van der Waals surface area contributed by atoms with Gasteiger partial charge in [0.25, 0.3) is 5.91 Å². The topological polar surface area (TPSA) is 118 Å². The SMILES string of the molecule is CCOC(=O)c1sc(NC(=O)CN2C(=O)NC3(CCC(CC)CC3)C2=O)nc1-c1ccccc1. The molecule has 0 bridgehead atoms. The molecule has 2 heterocycles. The molecule has 2 N–H and O–H groups in total. The zero-order chi connectivity index (χ0) is 24.3. The molecule has 180 valence electrons. The summed E-state index contributed by atoms with van der Waals surface area (Å²) < 4.78 is 5.14. The van der Waals surface area contributed by atoms with Gasteiger partial charge in [0.2, 0.25) is 5.91 Å². The Bertz CT molecular complexity index is 1090. The van der Waals surface area contributed by atoms with Gasteiger partial charge in [0.05, 0.1) is 12.3 Å². The van der Waals surface area contributed by atoms with E-state index in [0.29, 0.717) is 30.0 Å². The summed E-state index contributed by atoms with van der Waals surface area (Å²) in [6.07, 6.45) is 3.98. The second-order valence-corrected chi connectivity index (χ2v) is 9.59. The third-order valence-corrected chi connectivity index (χ3v) is 7.42. The van der Waals surface area contributed by atoms with Gasteiger partial charge < -0.3 is 15.4 Å². The minimum Gasteiger partial charge on any atom is -0.462 e. The highest BCUT2D eigenvalue weighted by atomic mass is 32.1. The predicted octanol–water partition coefficient (Wildman–Crippen LogP) is 3.82. The second kappa shape index (κ2) is 9.92. The molecule has 1 aliphatic carbocycles. The van der Waals surface area contributed by atoms with E-state index in [4.69, 9.17) is 4.74 Å². The molecule has 34 heavy (non-hydrogen) atoms. The Balaban J connectivity index is 1.47. The zero-order valence-corrected chi connectivity index (χ0v) is 20.1. The number of ether oxygens (including phenoxy) is 1. The fourth-order valence-corrected chi connectivity index (χ4v) is 5.44. The fourth-order valence-electron chi connectivity index (χ4n) is 4.54. The molecule has 2 aliphatic rings. The van der Waals surface area contributed by atoms with Crippen LogP contribution in [0.3, 0.4) is 0 Å². The van der Waals surface area contributed by atoms with Gasteiger partial charge in [0.1, 0.15) is 17.0 Å². The average molecular weight is 485 g/mol. The largest absolute Gasteiger partial charge is 0.462 e. The van der Waals surface area contributed by atoms with Crippen LogP contribution in [0.5, 0.6) is 0 Å². The van der Waals surface area contributed by atoms with Crippen LogP contribution in [0.25, 0.3) is 11.3 Å². The van der Waals surface area contributed by atoms with Crippen LogP contribution in [0.4, 0.5) is 9.93 Å². The molecule has 0 atom stereocenters. The summed E-state index contributed by atoms with van der Waals surface area (Å²) in [6.45, 7) is 3.63. The van der Waals surface area contributed by atoms with Crippen molar-refractivity contribution in [3.8, 4) is 11.3 Å². The first-order valence-corrected chi connectivity index (χ1v) is 12.4. The van der Waals surface area contributed by atoms with Gasteiger partial charge in [-0.3, -0.25) is 14.5 Å². The fraction of sp³-hybridized carbons (Fsp3) is 0.458. The van der Waals surface area contributed by atoms with Crippen molar-refractivity contribution < 1.29 is 23.9 Å². The zero-order valence-electron chi connectivity index (χ0n) is 19.3. The molecule has 9 nitrogen and oxygen atoms in total. The number of imide groups is 1. The highest BCUT2D eigenvalue weighted by Gasteiger charge is 2.52. The summed E-state index contributed by atoms with van der Waals surface area (Å²) >= 11 is 0.993. The summed E-state index contributed by atoms with van der Waals surface area (Å²) in [5.74, 6) is -0.881. The lowest BCUT2D eigenvalue weighted by Crippen LogP contribution is -2.49. The summed E-state index contributed by atoms with van der Waals surface area (Å²) in [6, 6.07) is 8.56. The maximum atomic E-state index is 13.1. The molecule has 1 spiro atoms. The predicted molar refractivity (Wildman–Crippen MR) is 127 cm³/mol. The first kappa shape index (κ1) is 23.9. The standard InChI is InChI=1S/C24H28N4O5S/c1-3-15-10-12-24(13-11-15)21(31)28(23(32)27-24)14-17(29)25-22-26-18(16-8-6-5-7-9-16)19(34-22)20(30)33-4-2/h5-9,15H,3-4,10-14H2,1-2H3,(H,27,32)(H,25,26,29). The minimum atomic E-state index is -0.901. The number of benzene rings is 1. The molecular formula is C24H28N4O5S. The Hall–Kier alpha value is -3.27. The quantitative estimate of drug-likeness (QED) is 0.456. The Morgan fingerprint density at radius 2 is 1.91 bits per heavy atom. The van der Waals surface area contributed by atoms with Crippen LogP contribution in [0.15, 0.2) is 30.3 Å². The lowest BCUT2D eigenvalue weighted by Gasteiger charge is -2.34. The first-order valence-electron chi connectivity index (χ1n) is 11.5. The van der Waals surface area contributed by atoms with Crippen molar-refractivity contribution in [3.63, 3.8) is 0 Å². The van der Waals surface area contributed by atoms with Crippen LogP contribution in [-0.2, 0) is 14.3 Å². The highest BCUT2D eigenvalue weighted by molar-refractivity contribution is 7.18. The number of nitrogens with zero attached hydrogens (tertiary/aromatic N) is 2. The molecule has 1 aromatic heterocycles. The average Bonchev–Trinajstić information content (AvgIpc) is 3.35. The van der Waals surface area contributed by atoms with Crippen LogP contribution in [0, 0.1) is 5.92 Å².